The molecule has 0 aromatic carbocycles. The topological polar surface area (TPSA) is 105 Å². The molecule has 0 heterocycles. The largest absolute Gasteiger partial charge is 0.481 e. The van der Waals surface area contributed by atoms with Crippen LogP contribution in [-0.4, -0.2) is 42.3 Å². The summed E-state index contributed by atoms with van der Waals surface area (Å²) in [7, 11) is 0. The number of esters is 1. The van der Waals surface area contributed by atoms with E-state index in [1.807, 2.05) is 0 Å². The number of ether oxygens (including phenoxy) is 1. The molecule has 0 fully saturated rings. The first-order valence-electron chi connectivity index (χ1n) is 5.87. The molecule has 0 saturated carbocycles. The van der Waals surface area contributed by atoms with Crippen LogP contribution in [0.1, 0.15) is 33.1 Å². The van der Waals surface area contributed by atoms with E-state index in [1.165, 1.54) is 0 Å². The Morgan fingerprint density at radius 3 is 2.50 bits per heavy atom. The molecule has 1 atom stereocenters. The van der Waals surface area contributed by atoms with E-state index in [1.54, 1.807) is 13.8 Å². The number of hydrogen-bond acceptors (Lipinski definition) is 4. The number of carboxylic acids is 1. The predicted molar refractivity (Wildman–Crippen MR) is 64.1 cm³/mol. The average molecular weight is 260 g/mol. The van der Waals surface area contributed by atoms with Crippen molar-refractivity contribution in [3.63, 3.8) is 0 Å². The number of urea groups is 1. The highest BCUT2D eigenvalue weighted by atomic mass is 16.5. The van der Waals surface area contributed by atoms with Gasteiger partial charge in [0.1, 0.15) is 0 Å². The van der Waals surface area contributed by atoms with Gasteiger partial charge in [-0.2, -0.15) is 0 Å². The summed E-state index contributed by atoms with van der Waals surface area (Å²) in [5, 5.41) is 13.5. The summed E-state index contributed by atoms with van der Waals surface area (Å²) in [6.45, 7) is 3.93. The maximum absolute atomic E-state index is 11.3. The van der Waals surface area contributed by atoms with Crippen LogP contribution in [0.5, 0.6) is 0 Å². The molecule has 0 aromatic rings. The zero-order valence-corrected chi connectivity index (χ0v) is 10.7. The van der Waals surface area contributed by atoms with Crippen LogP contribution in [0.4, 0.5) is 4.79 Å². The third kappa shape index (κ3) is 9.44. The van der Waals surface area contributed by atoms with E-state index in [4.69, 9.17) is 9.84 Å². The van der Waals surface area contributed by atoms with Gasteiger partial charge < -0.3 is 20.5 Å². The Balaban J connectivity index is 3.64. The van der Waals surface area contributed by atoms with E-state index >= 15 is 0 Å². The number of hydrogen-bond donors (Lipinski definition) is 3. The molecule has 0 saturated heterocycles. The summed E-state index contributed by atoms with van der Waals surface area (Å²) in [6.07, 6.45) is 0.482. The highest BCUT2D eigenvalue weighted by molar-refractivity contribution is 5.75. The fourth-order valence-electron chi connectivity index (χ4n) is 1.20. The molecule has 1 unspecified atom stereocenters. The maximum atomic E-state index is 11.3. The molecule has 7 nitrogen and oxygen atoms in total. The molecular formula is C11H20N2O5. The molecule has 3 N–H and O–H groups in total. The van der Waals surface area contributed by atoms with Crippen LogP contribution in [0.3, 0.4) is 0 Å². The minimum absolute atomic E-state index is 0.00424. The summed E-state index contributed by atoms with van der Waals surface area (Å²) in [4.78, 5) is 32.6. The summed E-state index contributed by atoms with van der Waals surface area (Å²) in [6, 6.07) is -0.652. The lowest BCUT2D eigenvalue weighted by Gasteiger charge is -2.13. The number of rotatable bonds is 8. The van der Waals surface area contributed by atoms with Crippen LogP contribution in [0.2, 0.25) is 0 Å². The Morgan fingerprint density at radius 1 is 1.28 bits per heavy atom. The van der Waals surface area contributed by atoms with E-state index in [2.05, 4.69) is 10.6 Å². The number of nitrogens with one attached hydrogen (secondary N) is 2. The van der Waals surface area contributed by atoms with Crippen molar-refractivity contribution in [1.82, 2.24) is 10.6 Å². The molecule has 18 heavy (non-hydrogen) atoms. The van der Waals surface area contributed by atoms with Gasteiger partial charge >= 0.3 is 18.0 Å². The first-order valence-corrected chi connectivity index (χ1v) is 5.87. The minimum Gasteiger partial charge on any atom is -0.481 e. The molecule has 0 aliphatic heterocycles. The molecule has 2 amide bonds. The van der Waals surface area contributed by atoms with Gasteiger partial charge in [-0.3, -0.25) is 9.59 Å². The summed E-state index contributed by atoms with van der Waals surface area (Å²) in [5.41, 5.74) is 0. The Labute approximate surface area is 106 Å². The SMILES string of the molecule is CCOC(=O)CCNC(=O)NC(C)CCC(=O)O. The van der Waals surface area contributed by atoms with Crippen LogP contribution in [0.25, 0.3) is 0 Å². The molecule has 0 rings (SSSR count). The first kappa shape index (κ1) is 16.2. The third-order valence-electron chi connectivity index (χ3n) is 2.09. The molecule has 0 spiro atoms. The van der Waals surface area contributed by atoms with Crippen molar-refractivity contribution < 1.29 is 24.2 Å². The molecule has 0 radical (unpaired) electrons. The maximum Gasteiger partial charge on any atom is 0.315 e. The van der Waals surface area contributed by atoms with Crippen LogP contribution < -0.4 is 10.6 Å². The fraction of sp³-hybridized carbons (Fsp3) is 0.727. The van der Waals surface area contributed by atoms with Crippen molar-refractivity contribution in [1.29, 1.82) is 0 Å². The lowest BCUT2D eigenvalue weighted by Crippen LogP contribution is -2.41. The van der Waals surface area contributed by atoms with Crippen LogP contribution in [0.15, 0.2) is 0 Å². The smallest absolute Gasteiger partial charge is 0.315 e. The highest BCUT2D eigenvalue weighted by Gasteiger charge is 2.09. The van der Waals surface area contributed by atoms with Gasteiger partial charge in [0, 0.05) is 19.0 Å². The Morgan fingerprint density at radius 2 is 1.94 bits per heavy atom. The van der Waals surface area contributed by atoms with E-state index in [-0.39, 0.29) is 31.4 Å². The molecular weight excluding hydrogens is 240 g/mol. The Hall–Kier alpha value is -1.79. The summed E-state index contributed by atoms with van der Waals surface area (Å²) in [5.74, 6) is -1.26. The molecule has 0 aromatic heterocycles. The number of carboxylic acid groups (broad SMARTS) is 1. The van der Waals surface area contributed by atoms with Crippen molar-refractivity contribution in [2.75, 3.05) is 13.2 Å². The van der Waals surface area contributed by atoms with Gasteiger partial charge in [-0.05, 0) is 20.3 Å². The second-order valence-corrected chi connectivity index (χ2v) is 3.79. The minimum atomic E-state index is -0.897. The molecule has 104 valence electrons. The lowest BCUT2D eigenvalue weighted by atomic mass is 10.2. The van der Waals surface area contributed by atoms with Gasteiger partial charge in [-0.15, -0.1) is 0 Å². The van der Waals surface area contributed by atoms with Gasteiger partial charge in [-0.1, -0.05) is 0 Å². The van der Waals surface area contributed by atoms with Crippen LogP contribution in [0, 0.1) is 0 Å². The monoisotopic (exact) mass is 260 g/mol. The number of carbonyl (C=O) groups excluding carboxylic acids is 2. The fourth-order valence-corrected chi connectivity index (χ4v) is 1.20. The molecule has 7 heteroatoms. The van der Waals surface area contributed by atoms with Crippen molar-refractivity contribution >= 4 is 18.0 Å². The number of carbonyl (C=O) groups is 3. The van der Waals surface area contributed by atoms with Crippen LogP contribution >= 0.6 is 0 Å². The van der Waals surface area contributed by atoms with Crippen molar-refractivity contribution in [3.05, 3.63) is 0 Å². The van der Waals surface area contributed by atoms with Crippen molar-refractivity contribution in [3.8, 4) is 0 Å². The normalized spacial score (nSPS) is 11.4. The molecule has 0 aliphatic carbocycles. The van der Waals surface area contributed by atoms with E-state index in [0.717, 1.165) is 0 Å². The van der Waals surface area contributed by atoms with Crippen LogP contribution in [-0.2, 0) is 14.3 Å². The van der Waals surface area contributed by atoms with Gasteiger partial charge in [0.15, 0.2) is 0 Å². The van der Waals surface area contributed by atoms with E-state index < -0.39 is 12.0 Å². The quantitative estimate of drug-likeness (QED) is 0.551. The van der Waals surface area contributed by atoms with Gasteiger partial charge in [0.25, 0.3) is 0 Å². The van der Waals surface area contributed by atoms with Crippen molar-refractivity contribution in [2.24, 2.45) is 0 Å². The van der Waals surface area contributed by atoms with E-state index in [9.17, 15) is 14.4 Å². The van der Waals surface area contributed by atoms with Crippen molar-refractivity contribution in [2.45, 2.75) is 39.2 Å². The zero-order valence-electron chi connectivity index (χ0n) is 10.7. The first-order chi connectivity index (χ1) is 8.45. The Bertz CT molecular complexity index is 293. The highest BCUT2D eigenvalue weighted by Crippen LogP contribution is 1.95. The summed E-state index contributed by atoms with van der Waals surface area (Å²) < 4.78 is 4.69. The lowest BCUT2D eigenvalue weighted by molar-refractivity contribution is -0.143. The standard InChI is InChI=1S/C11H20N2O5/c1-3-18-10(16)6-7-12-11(17)13-8(2)4-5-9(14)15/h8H,3-7H2,1-2H3,(H,14,15)(H2,12,13,17). The Kier molecular flexibility index (Phi) is 8.34. The second kappa shape index (κ2) is 9.26. The predicted octanol–water partition coefficient (Wildman–Crippen LogP) is 0.492. The average Bonchev–Trinajstić information content (AvgIpc) is 2.26. The number of aliphatic carboxylic acids is 1. The second-order valence-electron chi connectivity index (χ2n) is 3.79. The summed E-state index contributed by atoms with van der Waals surface area (Å²) >= 11 is 0. The van der Waals surface area contributed by atoms with Gasteiger partial charge in [0.05, 0.1) is 13.0 Å². The van der Waals surface area contributed by atoms with E-state index in [0.29, 0.717) is 13.0 Å². The van der Waals surface area contributed by atoms with Gasteiger partial charge in [-0.25, -0.2) is 4.79 Å². The number of amides is 2. The van der Waals surface area contributed by atoms with Gasteiger partial charge in [0.2, 0.25) is 0 Å². The third-order valence-corrected chi connectivity index (χ3v) is 2.09. The zero-order chi connectivity index (χ0) is 14.0. The molecule has 0 bridgehead atoms. The molecule has 0 aliphatic rings.